The number of allylic oxidation sites excluding steroid dienone is 1. The van der Waals surface area contributed by atoms with Gasteiger partial charge in [0.15, 0.2) is 0 Å². The molecule has 10 atom stereocenters. The highest BCUT2D eigenvalue weighted by atomic mass is 32.2. The van der Waals surface area contributed by atoms with E-state index in [0.29, 0.717) is 41.7 Å². The monoisotopic (exact) mass is 522 g/mol. The zero-order valence-electron chi connectivity index (χ0n) is 24.3. The predicted molar refractivity (Wildman–Crippen MR) is 149 cm³/mol. The van der Waals surface area contributed by atoms with E-state index in [-0.39, 0.29) is 17.1 Å². The number of sulfonamides is 1. The van der Waals surface area contributed by atoms with Gasteiger partial charge in [-0.3, -0.25) is 0 Å². The first-order chi connectivity index (χ1) is 16.8. The lowest BCUT2D eigenvalue weighted by atomic mass is 9.57. The summed E-state index contributed by atoms with van der Waals surface area (Å²) in [6, 6.07) is 0.563. The molecule has 2 saturated heterocycles. The smallest absolute Gasteiger partial charge is 0.208 e. The van der Waals surface area contributed by atoms with Gasteiger partial charge in [-0.1, -0.05) is 60.0 Å². The molecule has 1 spiro atoms. The molecule has 2 aliphatic heterocycles. The summed E-state index contributed by atoms with van der Waals surface area (Å²) in [5, 5.41) is 3.84. The van der Waals surface area contributed by atoms with Crippen molar-refractivity contribution in [3.63, 3.8) is 0 Å². The Morgan fingerprint density at radius 3 is 2.56 bits per heavy atom. The van der Waals surface area contributed by atoms with Crippen molar-refractivity contribution in [2.24, 2.45) is 35.0 Å². The van der Waals surface area contributed by atoms with Gasteiger partial charge in [0.05, 0.1) is 18.0 Å². The molecule has 2 heterocycles. The van der Waals surface area contributed by atoms with E-state index in [2.05, 4.69) is 58.5 Å². The van der Waals surface area contributed by atoms with E-state index >= 15 is 0 Å². The van der Waals surface area contributed by atoms with Crippen LogP contribution in [-0.2, 0) is 14.8 Å². The molecule has 4 aliphatic rings. The summed E-state index contributed by atoms with van der Waals surface area (Å²) in [5.41, 5.74) is 3.32. The van der Waals surface area contributed by atoms with Crippen molar-refractivity contribution in [2.75, 3.05) is 12.8 Å². The summed E-state index contributed by atoms with van der Waals surface area (Å²) in [7, 11) is -3.16. The van der Waals surface area contributed by atoms with Crippen molar-refractivity contribution >= 4 is 10.0 Å². The van der Waals surface area contributed by atoms with Gasteiger partial charge < -0.3 is 10.1 Å². The SMILES string of the molecule is CCC[C@@H]1C[C@H](NS(C)(=O)=O)CC[C@]1(C)[C@H](C)CC1=C(C)[C@]2(CC[C@H]1C)O[C@@H]1C[C@H](C)CN[C@H]1[C@H]2C. The second-order valence-corrected chi connectivity index (χ2v) is 15.4. The average molecular weight is 523 g/mol. The van der Waals surface area contributed by atoms with Crippen LogP contribution in [-0.4, -0.2) is 45.0 Å². The van der Waals surface area contributed by atoms with Crippen LogP contribution in [0.15, 0.2) is 11.1 Å². The van der Waals surface area contributed by atoms with Crippen molar-refractivity contribution in [2.45, 2.75) is 130 Å². The molecule has 5 nitrogen and oxygen atoms in total. The molecule has 0 amide bonds. The van der Waals surface area contributed by atoms with Crippen molar-refractivity contribution in [1.29, 1.82) is 0 Å². The second-order valence-electron chi connectivity index (χ2n) is 13.7. The molecule has 0 radical (unpaired) electrons. The summed E-state index contributed by atoms with van der Waals surface area (Å²) in [6.07, 6.45) is 11.7. The molecule has 208 valence electrons. The number of fused-ring (bicyclic) bond motifs is 1. The van der Waals surface area contributed by atoms with Crippen LogP contribution in [0.2, 0.25) is 0 Å². The van der Waals surface area contributed by atoms with Gasteiger partial charge in [0.2, 0.25) is 10.0 Å². The first-order valence-electron chi connectivity index (χ1n) is 14.9. The maximum Gasteiger partial charge on any atom is 0.208 e. The lowest BCUT2D eigenvalue weighted by molar-refractivity contribution is -0.0544. The molecule has 4 rings (SSSR count). The minimum Gasteiger partial charge on any atom is -0.365 e. The molecule has 0 aromatic carbocycles. The molecule has 36 heavy (non-hydrogen) atoms. The van der Waals surface area contributed by atoms with E-state index in [1.165, 1.54) is 31.1 Å². The third-order valence-electron chi connectivity index (χ3n) is 11.2. The zero-order chi connectivity index (χ0) is 26.5. The average Bonchev–Trinajstić information content (AvgIpc) is 3.07. The lowest BCUT2D eigenvalue weighted by Gasteiger charge is -2.50. The van der Waals surface area contributed by atoms with Crippen LogP contribution < -0.4 is 10.0 Å². The minimum absolute atomic E-state index is 0.0839. The Balaban J connectivity index is 1.56. The molecule has 1 saturated carbocycles. The van der Waals surface area contributed by atoms with Gasteiger partial charge in [-0.15, -0.1) is 0 Å². The van der Waals surface area contributed by atoms with Crippen LogP contribution in [0.5, 0.6) is 0 Å². The number of rotatable bonds is 7. The van der Waals surface area contributed by atoms with Crippen molar-refractivity contribution in [3.8, 4) is 0 Å². The topological polar surface area (TPSA) is 67.4 Å². The van der Waals surface area contributed by atoms with E-state index in [9.17, 15) is 8.42 Å². The third kappa shape index (κ3) is 5.35. The molecule has 2 aliphatic carbocycles. The van der Waals surface area contributed by atoms with E-state index < -0.39 is 10.0 Å². The highest BCUT2D eigenvalue weighted by Crippen LogP contribution is 2.55. The van der Waals surface area contributed by atoms with Crippen LogP contribution in [0, 0.1) is 35.0 Å². The molecule has 6 heteroatoms. The summed E-state index contributed by atoms with van der Waals surface area (Å²) < 4.78 is 33.8. The fourth-order valence-corrected chi connectivity index (χ4v) is 9.54. The Labute approximate surface area is 222 Å². The Hall–Kier alpha value is -0.430. The van der Waals surface area contributed by atoms with E-state index in [1.807, 2.05) is 0 Å². The van der Waals surface area contributed by atoms with Crippen molar-refractivity contribution in [1.82, 2.24) is 10.0 Å². The van der Waals surface area contributed by atoms with Gasteiger partial charge in [-0.2, -0.15) is 0 Å². The van der Waals surface area contributed by atoms with Crippen molar-refractivity contribution < 1.29 is 13.2 Å². The second kappa shape index (κ2) is 10.6. The molecule has 0 bridgehead atoms. The summed E-state index contributed by atoms with van der Waals surface area (Å²) >= 11 is 0. The highest BCUT2D eigenvalue weighted by Gasteiger charge is 2.56. The van der Waals surface area contributed by atoms with Crippen LogP contribution in [0.25, 0.3) is 0 Å². The van der Waals surface area contributed by atoms with Crippen LogP contribution >= 0.6 is 0 Å². The predicted octanol–water partition coefficient (Wildman–Crippen LogP) is 6.06. The Bertz CT molecular complexity index is 932. The number of piperidine rings is 1. The van der Waals surface area contributed by atoms with E-state index in [4.69, 9.17) is 4.74 Å². The Morgan fingerprint density at radius 1 is 1.17 bits per heavy atom. The first kappa shape index (κ1) is 28.6. The van der Waals surface area contributed by atoms with Crippen LogP contribution in [0.1, 0.15) is 106 Å². The summed E-state index contributed by atoms with van der Waals surface area (Å²) in [5.74, 6) is 2.92. The Kier molecular flexibility index (Phi) is 8.43. The van der Waals surface area contributed by atoms with Crippen LogP contribution in [0.3, 0.4) is 0 Å². The fraction of sp³-hybridized carbons (Fsp3) is 0.933. The first-order valence-corrected chi connectivity index (χ1v) is 16.8. The van der Waals surface area contributed by atoms with Gasteiger partial charge >= 0.3 is 0 Å². The Morgan fingerprint density at radius 2 is 1.89 bits per heavy atom. The molecular weight excluding hydrogens is 468 g/mol. The summed E-state index contributed by atoms with van der Waals surface area (Å²) in [4.78, 5) is 0. The van der Waals surface area contributed by atoms with Gasteiger partial charge in [0.1, 0.15) is 0 Å². The van der Waals surface area contributed by atoms with Crippen LogP contribution in [0.4, 0.5) is 0 Å². The molecular formula is C30H54N2O3S. The largest absolute Gasteiger partial charge is 0.365 e. The lowest BCUT2D eigenvalue weighted by Crippen LogP contribution is -2.49. The number of nitrogens with one attached hydrogen (secondary N) is 2. The maximum absolute atomic E-state index is 11.9. The van der Waals surface area contributed by atoms with Crippen molar-refractivity contribution in [3.05, 3.63) is 11.1 Å². The number of hydrogen-bond donors (Lipinski definition) is 2. The quantitative estimate of drug-likeness (QED) is 0.399. The third-order valence-corrected chi connectivity index (χ3v) is 12.0. The molecule has 0 aromatic heterocycles. The molecule has 0 aromatic rings. The molecule has 2 N–H and O–H groups in total. The standard InChI is InChI=1S/C30H54N2O3S/c1-9-10-24-17-25(32-36(8,33)34)12-13-29(24,7)21(4)16-26-20(3)11-14-30(22(26)5)23(6)28-27(35-30)15-19(2)18-31-28/h19-21,23-25,27-28,31-32H,9-18H2,1-8H3/t19-,20+,21+,23+,24+,25+,27+,28-,29+,30-/m0/s1. The number of hydrogen-bond acceptors (Lipinski definition) is 4. The minimum atomic E-state index is -3.16. The fourth-order valence-electron chi connectivity index (χ4n) is 8.73. The van der Waals surface area contributed by atoms with Gasteiger partial charge in [-0.05, 0) is 93.1 Å². The van der Waals surface area contributed by atoms with Gasteiger partial charge in [-0.25, -0.2) is 13.1 Å². The highest BCUT2D eigenvalue weighted by molar-refractivity contribution is 7.88. The zero-order valence-corrected chi connectivity index (χ0v) is 25.1. The van der Waals surface area contributed by atoms with Gasteiger partial charge in [0.25, 0.3) is 0 Å². The normalized spacial score (nSPS) is 44.6. The number of ether oxygens (including phenoxy) is 1. The maximum atomic E-state index is 11.9. The van der Waals surface area contributed by atoms with E-state index in [1.54, 1.807) is 5.57 Å². The van der Waals surface area contributed by atoms with Gasteiger partial charge in [0, 0.05) is 18.0 Å². The van der Waals surface area contributed by atoms with E-state index in [0.717, 1.165) is 45.1 Å². The summed E-state index contributed by atoms with van der Waals surface area (Å²) in [6.45, 7) is 18.0. The molecule has 3 fully saturated rings. The molecule has 0 unspecified atom stereocenters.